The van der Waals surface area contributed by atoms with E-state index in [2.05, 4.69) is 15.9 Å². The molecule has 88 valence electrons. The predicted molar refractivity (Wildman–Crippen MR) is 63.1 cm³/mol. The van der Waals surface area contributed by atoms with Gasteiger partial charge in [0.05, 0.1) is 18.5 Å². The van der Waals surface area contributed by atoms with Gasteiger partial charge in [-0.15, -0.1) is 0 Å². The first kappa shape index (κ1) is 11.8. The molecule has 6 heteroatoms. The third kappa shape index (κ3) is 2.21. The molecular formula is C11H8BrNO4. The van der Waals surface area contributed by atoms with Crippen molar-refractivity contribution in [2.24, 2.45) is 0 Å². The summed E-state index contributed by atoms with van der Waals surface area (Å²) in [5, 5.41) is 8.95. The number of carboxylic acid groups (broad SMARTS) is 1. The number of anilines is 1. The van der Waals surface area contributed by atoms with Crippen LogP contribution in [0.4, 0.5) is 5.69 Å². The number of nitrogens with zero attached hydrogens (tertiary/aromatic N) is 1. The van der Waals surface area contributed by atoms with E-state index in [9.17, 15) is 14.4 Å². The van der Waals surface area contributed by atoms with Crippen molar-refractivity contribution in [1.29, 1.82) is 0 Å². The molecule has 0 radical (unpaired) electrons. The van der Waals surface area contributed by atoms with E-state index >= 15 is 0 Å². The van der Waals surface area contributed by atoms with Crippen molar-refractivity contribution >= 4 is 39.3 Å². The maximum Gasteiger partial charge on any atom is 0.336 e. The molecule has 0 unspecified atom stereocenters. The highest BCUT2D eigenvalue weighted by Crippen LogP contribution is 2.26. The number of amides is 1. The van der Waals surface area contributed by atoms with Gasteiger partial charge in [0.2, 0.25) is 5.91 Å². The topological polar surface area (TPSA) is 74.7 Å². The second-order valence-electron chi connectivity index (χ2n) is 3.66. The number of benzene rings is 1. The summed E-state index contributed by atoms with van der Waals surface area (Å²) >= 11 is 3.12. The second-order valence-corrected chi connectivity index (χ2v) is 4.52. The van der Waals surface area contributed by atoms with Crippen molar-refractivity contribution in [2.75, 3.05) is 11.4 Å². The summed E-state index contributed by atoms with van der Waals surface area (Å²) in [6.07, 6.45) is -0.113. The molecule has 1 aromatic rings. The summed E-state index contributed by atoms with van der Waals surface area (Å²) in [7, 11) is 0. The van der Waals surface area contributed by atoms with Crippen LogP contribution in [0.1, 0.15) is 16.8 Å². The summed E-state index contributed by atoms with van der Waals surface area (Å²) < 4.78 is 0.437. The molecular weight excluding hydrogens is 290 g/mol. The van der Waals surface area contributed by atoms with Crippen LogP contribution in [0.15, 0.2) is 22.7 Å². The minimum atomic E-state index is -1.09. The van der Waals surface area contributed by atoms with Crippen LogP contribution in [0.3, 0.4) is 0 Å². The maximum absolute atomic E-state index is 11.5. The zero-order chi connectivity index (χ0) is 12.6. The van der Waals surface area contributed by atoms with Gasteiger partial charge in [0.15, 0.2) is 5.78 Å². The molecule has 1 aromatic carbocycles. The lowest BCUT2D eigenvalue weighted by molar-refractivity contribution is -0.121. The Hall–Kier alpha value is -1.69. The predicted octanol–water partition coefficient (Wildman–Crippen LogP) is 1.45. The monoisotopic (exact) mass is 297 g/mol. The lowest BCUT2D eigenvalue weighted by Crippen LogP contribution is -2.24. The first-order valence-corrected chi connectivity index (χ1v) is 5.63. The van der Waals surface area contributed by atoms with Crippen LogP contribution in [-0.2, 0) is 9.59 Å². The number of hydrogen-bond acceptors (Lipinski definition) is 3. The van der Waals surface area contributed by atoms with Crippen molar-refractivity contribution in [3.05, 3.63) is 28.2 Å². The Labute approximate surface area is 105 Å². The number of rotatable bonds is 2. The van der Waals surface area contributed by atoms with E-state index in [1.54, 1.807) is 12.1 Å². The maximum atomic E-state index is 11.5. The van der Waals surface area contributed by atoms with Gasteiger partial charge in [-0.3, -0.25) is 9.59 Å². The Morgan fingerprint density at radius 1 is 1.35 bits per heavy atom. The van der Waals surface area contributed by atoms with Crippen LogP contribution in [0, 0.1) is 0 Å². The fourth-order valence-corrected chi connectivity index (χ4v) is 2.08. The number of hydrogen-bond donors (Lipinski definition) is 1. The van der Waals surface area contributed by atoms with Crippen molar-refractivity contribution in [3.8, 4) is 0 Å². The summed E-state index contributed by atoms with van der Waals surface area (Å²) in [6, 6.07) is 4.53. The van der Waals surface area contributed by atoms with Gasteiger partial charge in [0.1, 0.15) is 0 Å². The Morgan fingerprint density at radius 2 is 2.06 bits per heavy atom. The lowest BCUT2D eigenvalue weighted by atomic mass is 10.2. The smallest absolute Gasteiger partial charge is 0.336 e. The fraction of sp³-hybridized carbons (Fsp3) is 0.182. The molecule has 1 heterocycles. The molecule has 1 N–H and O–H groups in total. The highest BCUT2D eigenvalue weighted by Gasteiger charge is 2.29. The Bertz CT molecular complexity index is 526. The van der Waals surface area contributed by atoms with Gasteiger partial charge in [-0.2, -0.15) is 0 Å². The Balaban J connectivity index is 2.40. The van der Waals surface area contributed by atoms with Crippen molar-refractivity contribution < 1.29 is 19.5 Å². The minimum Gasteiger partial charge on any atom is -0.478 e. The van der Waals surface area contributed by atoms with Crippen molar-refractivity contribution in [2.45, 2.75) is 6.42 Å². The zero-order valence-corrected chi connectivity index (χ0v) is 10.2. The van der Waals surface area contributed by atoms with Crippen LogP contribution in [0.2, 0.25) is 0 Å². The molecule has 0 spiro atoms. The first-order chi connectivity index (χ1) is 7.99. The standard InChI is InChI=1S/C11H8BrNO4/c12-9-2-1-6(3-8(9)11(16)17)13-5-7(14)4-10(13)15/h1-3H,4-5H2,(H,16,17). The number of aromatic carboxylic acids is 1. The number of carbonyl (C=O) groups excluding carboxylic acids is 2. The molecule has 0 aliphatic carbocycles. The van der Waals surface area contributed by atoms with Crippen LogP contribution < -0.4 is 4.90 Å². The highest BCUT2D eigenvalue weighted by atomic mass is 79.9. The molecule has 1 aliphatic heterocycles. The largest absolute Gasteiger partial charge is 0.478 e. The van der Waals surface area contributed by atoms with E-state index in [0.717, 1.165) is 0 Å². The normalized spacial score (nSPS) is 15.5. The van der Waals surface area contributed by atoms with Gasteiger partial charge in [0, 0.05) is 10.2 Å². The van der Waals surface area contributed by atoms with Gasteiger partial charge < -0.3 is 10.0 Å². The average molecular weight is 298 g/mol. The molecule has 17 heavy (non-hydrogen) atoms. The molecule has 5 nitrogen and oxygen atoms in total. The molecule has 0 aromatic heterocycles. The highest BCUT2D eigenvalue weighted by molar-refractivity contribution is 9.10. The third-order valence-electron chi connectivity index (χ3n) is 2.48. The number of halogens is 1. The van der Waals surface area contributed by atoms with E-state index in [4.69, 9.17) is 5.11 Å². The fourth-order valence-electron chi connectivity index (χ4n) is 1.66. The summed E-state index contributed by atoms with van der Waals surface area (Å²) in [6.45, 7) is 0.0134. The molecule has 1 amide bonds. The second kappa shape index (κ2) is 4.29. The zero-order valence-electron chi connectivity index (χ0n) is 8.64. The van der Waals surface area contributed by atoms with Gasteiger partial charge >= 0.3 is 5.97 Å². The van der Waals surface area contributed by atoms with Gasteiger partial charge in [-0.25, -0.2) is 4.79 Å². The summed E-state index contributed by atoms with van der Waals surface area (Å²) in [4.78, 5) is 34.9. The number of ketones is 1. The lowest BCUT2D eigenvalue weighted by Gasteiger charge is -2.15. The van der Waals surface area contributed by atoms with E-state index in [1.807, 2.05) is 0 Å². The summed E-state index contributed by atoms with van der Waals surface area (Å²) in [5.74, 6) is -1.54. The van der Waals surface area contributed by atoms with Crippen LogP contribution in [0.25, 0.3) is 0 Å². The van der Waals surface area contributed by atoms with Gasteiger partial charge in [0.25, 0.3) is 0 Å². The summed E-state index contributed by atoms with van der Waals surface area (Å²) in [5.41, 5.74) is 0.496. The van der Waals surface area contributed by atoms with E-state index in [0.29, 0.717) is 10.2 Å². The van der Waals surface area contributed by atoms with Gasteiger partial charge in [-0.05, 0) is 34.1 Å². The third-order valence-corrected chi connectivity index (χ3v) is 3.17. The van der Waals surface area contributed by atoms with E-state index < -0.39 is 5.97 Å². The van der Waals surface area contributed by atoms with E-state index in [1.165, 1.54) is 11.0 Å². The molecule has 0 atom stereocenters. The Morgan fingerprint density at radius 3 is 2.59 bits per heavy atom. The average Bonchev–Trinajstić information content (AvgIpc) is 2.58. The quantitative estimate of drug-likeness (QED) is 0.839. The van der Waals surface area contributed by atoms with Crippen molar-refractivity contribution in [3.63, 3.8) is 0 Å². The van der Waals surface area contributed by atoms with Crippen LogP contribution >= 0.6 is 15.9 Å². The number of carboxylic acids is 1. The minimum absolute atomic E-state index is 0.0134. The van der Waals surface area contributed by atoms with Crippen molar-refractivity contribution in [1.82, 2.24) is 0 Å². The number of carbonyl (C=O) groups is 3. The number of Topliss-reactive ketones (excluding diaryl/α,β-unsaturated/α-hetero) is 1. The Kier molecular flexibility index (Phi) is 2.97. The van der Waals surface area contributed by atoms with Crippen LogP contribution in [0.5, 0.6) is 0 Å². The molecule has 1 aliphatic rings. The molecule has 0 saturated carbocycles. The van der Waals surface area contributed by atoms with E-state index in [-0.39, 0.29) is 30.2 Å². The molecule has 1 fully saturated rings. The molecule has 1 saturated heterocycles. The first-order valence-electron chi connectivity index (χ1n) is 4.84. The molecule has 0 bridgehead atoms. The SMILES string of the molecule is O=C1CC(=O)N(c2ccc(Br)c(C(=O)O)c2)C1. The van der Waals surface area contributed by atoms with Crippen LogP contribution in [-0.4, -0.2) is 29.3 Å². The van der Waals surface area contributed by atoms with Gasteiger partial charge in [-0.1, -0.05) is 0 Å². The molecule has 2 rings (SSSR count).